The Balaban J connectivity index is 1.22. The molecule has 0 bridgehead atoms. The molecule has 0 spiro atoms. The second kappa shape index (κ2) is 12.1. The second-order valence-electron chi connectivity index (χ2n) is 9.06. The monoisotopic (exact) mass is 559 g/mol. The third kappa shape index (κ3) is 6.20. The average Bonchev–Trinajstić information content (AvgIpc) is 3.31. The Bertz CT molecular complexity index is 1490. The second-order valence-corrected chi connectivity index (χ2v) is 10.0. The topological polar surface area (TPSA) is 112 Å². The van der Waals surface area contributed by atoms with Gasteiger partial charge in [0.1, 0.15) is 23.4 Å². The summed E-state index contributed by atoms with van der Waals surface area (Å²) in [5.74, 6) is 0.0497. The van der Waals surface area contributed by atoms with Crippen molar-refractivity contribution < 1.29 is 23.5 Å². The number of fused-ring (bicyclic) bond motifs is 3. The zero-order valence-corrected chi connectivity index (χ0v) is 22.4. The summed E-state index contributed by atoms with van der Waals surface area (Å²) < 4.78 is 18.2. The number of carbonyl (C=O) groups is 3. The molecule has 5 rings (SSSR count). The Hall–Kier alpha value is -4.51. The Morgan fingerprint density at radius 1 is 1.02 bits per heavy atom. The highest BCUT2D eigenvalue weighted by Gasteiger charge is 2.41. The minimum Gasteiger partial charge on any atom is -0.497 e. The van der Waals surface area contributed by atoms with Crippen LogP contribution in [0.4, 0.5) is 15.8 Å². The third-order valence-electron chi connectivity index (χ3n) is 6.30. The molecule has 2 heterocycles. The van der Waals surface area contributed by atoms with Gasteiger partial charge in [-0.3, -0.25) is 19.4 Å². The quantitative estimate of drug-likeness (QED) is 0.407. The number of halogens is 1. The SMILES string of the molecule is COc1ccc(NC(=O)CSC2=Nc3ccccc3C3=N[C@@H](CCC(=O)NCc4ccc(F)cc4)C(=O)N23)cc1. The van der Waals surface area contributed by atoms with Crippen LogP contribution in [0.15, 0.2) is 82.8 Å². The smallest absolute Gasteiger partial charge is 0.259 e. The lowest BCUT2D eigenvalue weighted by atomic mass is 10.1. The van der Waals surface area contributed by atoms with Crippen molar-refractivity contribution in [2.75, 3.05) is 18.2 Å². The predicted molar refractivity (Wildman–Crippen MR) is 152 cm³/mol. The van der Waals surface area contributed by atoms with Gasteiger partial charge < -0.3 is 15.4 Å². The number of aliphatic imine (C=N–C) groups is 2. The molecule has 0 unspecified atom stereocenters. The van der Waals surface area contributed by atoms with E-state index in [1.807, 2.05) is 24.3 Å². The lowest BCUT2D eigenvalue weighted by molar-refractivity contribution is -0.125. The van der Waals surface area contributed by atoms with Crippen molar-refractivity contribution in [2.45, 2.75) is 25.4 Å². The summed E-state index contributed by atoms with van der Waals surface area (Å²) in [5, 5.41) is 5.97. The molecule has 0 aromatic heterocycles. The fourth-order valence-corrected chi connectivity index (χ4v) is 5.05. The summed E-state index contributed by atoms with van der Waals surface area (Å²) >= 11 is 1.14. The number of ether oxygens (including phenoxy) is 1. The van der Waals surface area contributed by atoms with Gasteiger partial charge in [-0.05, 0) is 60.5 Å². The van der Waals surface area contributed by atoms with Crippen molar-refractivity contribution in [2.24, 2.45) is 9.98 Å². The number of anilines is 1. The molecule has 3 aromatic carbocycles. The number of methoxy groups -OCH3 is 1. The lowest BCUT2D eigenvalue weighted by Crippen LogP contribution is -2.41. The first-order valence-corrected chi connectivity index (χ1v) is 13.6. The maximum Gasteiger partial charge on any atom is 0.259 e. The van der Waals surface area contributed by atoms with E-state index in [2.05, 4.69) is 20.6 Å². The molecule has 0 saturated carbocycles. The summed E-state index contributed by atoms with van der Waals surface area (Å²) in [5.41, 5.74) is 2.77. The summed E-state index contributed by atoms with van der Waals surface area (Å²) in [7, 11) is 1.57. The zero-order valence-electron chi connectivity index (χ0n) is 21.6. The number of rotatable bonds is 9. The van der Waals surface area contributed by atoms with Gasteiger partial charge in [0, 0.05) is 24.2 Å². The number of hydrogen-bond acceptors (Lipinski definition) is 7. The molecule has 204 valence electrons. The Labute approximate surface area is 234 Å². The highest BCUT2D eigenvalue weighted by Crippen LogP contribution is 2.34. The van der Waals surface area contributed by atoms with Gasteiger partial charge in [-0.25, -0.2) is 14.3 Å². The number of amidine groups is 2. The molecular formula is C29H26FN5O4S. The Kier molecular flexibility index (Phi) is 8.20. The van der Waals surface area contributed by atoms with Crippen molar-refractivity contribution in [3.8, 4) is 5.75 Å². The largest absolute Gasteiger partial charge is 0.497 e. The average molecular weight is 560 g/mol. The summed E-state index contributed by atoms with van der Waals surface area (Å²) in [6.07, 6.45) is 0.305. The molecule has 40 heavy (non-hydrogen) atoms. The molecule has 2 N–H and O–H groups in total. The van der Waals surface area contributed by atoms with Crippen LogP contribution in [0.5, 0.6) is 5.75 Å². The van der Waals surface area contributed by atoms with Crippen LogP contribution in [0.3, 0.4) is 0 Å². The first-order valence-electron chi connectivity index (χ1n) is 12.6. The van der Waals surface area contributed by atoms with Crippen molar-refractivity contribution >= 4 is 51.9 Å². The molecular weight excluding hydrogens is 533 g/mol. The van der Waals surface area contributed by atoms with Crippen LogP contribution in [0, 0.1) is 5.82 Å². The maximum atomic E-state index is 13.4. The molecule has 3 aromatic rings. The fraction of sp³-hybridized carbons (Fsp3) is 0.207. The molecule has 3 amide bonds. The van der Waals surface area contributed by atoms with E-state index in [4.69, 9.17) is 4.74 Å². The van der Waals surface area contributed by atoms with Crippen molar-refractivity contribution in [1.29, 1.82) is 0 Å². The minimum atomic E-state index is -0.753. The van der Waals surface area contributed by atoms with Crippen LogP contribution in [0.2, 0.25) is 0 Å². The first-order chi connectivity index (χ1) is 19.4. The molecule has 0 saturated heterocycles. The number of amides is 3. The molecule has 1 atom stereocenters. The van der Waals surface area contributed by atoms with E-state index < -0.39 is 6.04 Å². The van der Waals surface area contributed by atoms with Gasteiger partial charge in [0.15, 0.2) is 5.17 Å². The number of thioether (sulfide) groups is 1. The van der Waals surface area contributed by atoms with Crippen LogP contribution >= 0.6 is 11.8 Å². The van der Waals surface area contributed by atoms with Gasteiger partial charge in [0.05, 0.1) is 18.6 Å². The standard InChI is InChI=1S/C29H26FN5O4S/c1-39-21-12-10-20(11-13-21)32-26(37)17-40-29-34-23-5-3-2-4-22(23)27-33-24(28(38)35(27)29)14-15-25(36)31-16-18-6-8-19(30)9-7-18/h2-13,24H,14-17H2,1H3,(H,31,36)(H,32,37)/t24-/m0/s1. The van der Waals surface area contributed by atoms with Gasteiger partial charge in [-0.15, -0.1) is 0 Å². The number of hydrogen-bond donors (Lipinski definition) is 2. The van der Waals surface area contributed by atoms with Gasteiger partial charge >= 0.3 is 0 Å². The number of benzene rings is 3. The van der Waals surface area contributed by atoms with Crippen molar-refractivity contribution in [3.05, 3.63) is 89.7 Å². The molecule has 9 nitrogen and oxygen atoms in total. The van der Waals surface area contributed by atoms with Gasteiger partial charge in [-0.1, -0.05) is 36.0 Å². The van der Waals surface area contributed by atoms with Gasteiger partial charge in [0.25, 0.3) is 5.91 Å². The van der Waals surface area contributed by atoms with E-state index in [0.29, 0.717) is 33.7 Å². The Morgan fingerprint density at radius 2 is 1.77 bits per heavy atom. The van der Waals surface area contributed by atoms with E-state index in [1.54, 1.807) is 43.5 Å². The zero-order chi connectivity index (χ0) is 28.1. The van der Waals surface area contributed by atoms with E-state index in [1.165, 1.54) is 17.0 Å². The van der Waals surface area contributed by atoms with E-state index in [9.17, 15) is 18.8 Å². The highest BCUT2D eigenvalue weighted by atomic mass is 32.2. The van der Waals surface area contributed by atoms with E-state index in [0.717, 1.165) is 17.3 Å². The molecule has 2 aliphatic rings. The summed E-state index contributed by atoms with van der Waals surface area (Å²) in [6.45, 7) is 0.262. The molecule has 0 aliphatic carbocycles. The maximum absolute atomic E-state index is 13.4. The van der Waals surface area contributed by atoms with Crippen LogP contribution in [0.1, 0.15) is 24.0 Å². The van der Waals surface area contributed by atoms with E-state index in [-0.39, 0.29) is 48.7 Å². The van der Waals surface area contributed by atoms with Gasteiger partial charge in [-0.2, -0.15) is 0 Å². The highest BCUT2D eigenvalue weighted by molar-refractivity contribution is 8.14. The van der Waals surface area contributed by atoms with Crippen LogP contribution in [0.25, 0.3) is 0 Å². The number of nitrogens with zero attached hydrogens (tertiary/aromatic N) is 3. The minimum absolute atomic E-state index is 0.0283. The predicted octanol–water partition coefficient (Wildman–Crippen LogP) is 4.26. The number of para-hydroxylation sites is 1. The molecule has 0 radical (unpaired) electrons. The Morgan fingerprint density at radius 3 is 2.52 bits per heavy atom. The van der Waals surface area contributed by atoms with Crippen LogP contribution < -0.4 is 15.4 Å². The first kappa shape index (κ1) is 27.1. The number of carbonyl (C=O) groups excluding carboxylic acids is 3. The number of nitrogens with one attached hydrogen (secondary N) is 2. The summed E-state index contributed by atoms with van der Waals surface area (Å²) in [4.78, 5) is 49.2. The van der Waals surface area contributed by atoms with Crippen molar-refractivity contribution in [1.82, 2.24) is 10.2 Å². The fourth-order valence-electron chi connectivity index (χ4n) is 4.25. The molecule has 2 aliphatic heterocycles. The molecule has 0 fully saturated rings. The normalized spacial score (nSPS) is 15.5. The van der Waals surface area contributed by atoms with Crippen molar-refractivity contribution in [3.63, 3.8) is 0 Å². The van der Waals surface area contributed by atoms with Crippen LogP contribution in [-0.2, 0) is 20.9 Å². The van der Waals surface area contributed by atoms with E-state index >= 15 is 0 Å². The summed E-state index contributed by atoms with van der Waals surface area (Å²) in [6, 6.07) is 19.5. The van der Waals surface area contributed by atoms with Gasteiger partial charge in [0.2, 0.25) is 11.8 Å². The third-order valence-corrected chi connectivity index (χ3v) is 7.24. The lowest BCUT2D eigenvalue weighted by Gasteiger charge is -2.25. The van der Waals surface area contributed by atoms with Crippen LogP contribution in [-0.4, -0.2) is 52.5 Å². The molecule has 11 heteroatoms.